The smallest absolute Gasteiger partial charge is 0.236 e. The number of piperazine rings is 1. The molecule has 3 heterocycles. The van der Waals surface area contributed by atoms with Crippen LogP contribution >= 0.6 is 0 Å². The lowest BCUT2D eigenvalue weighted by atomic mass is 10.2. The Balaban J connectivity index is 1.42. The normalized spacial score (nSPS) is 14.8. The van der Waals surface area contributed by atoms with Gasteiger partial charge < -0.3 is 14.3 Å². The van der Waals surface area contributed by atoms with E-state index in [0.717, 1.165) is 18.7 Å². The van der Waals surface area contributed by atoms with Gasteiger partial charge in [-0.3, -0.25) is 19.5 Å². The summed E-state index contributed by atoms with van der Waals surface area (Å²) in [5.41, 5.74) is 0.782. The Labute approximate surface area is 170 Å². The number of aryl methyl sites for hydroxylation is 1. The van der Waals surface area contributed by atoms with Crippen molar-refractivity contribution in [3.8, 4) is 11.4 Å². The molecule has 1 aliphatic heterocycles. The van der Waals surface area contributed by atoms with Gasteiger partial charge in [-0.25, -0.2) is 0 Å². The fourth-order valence-corrected chi connectivity index (χ4v) is 3.36. The van der Waals surface area contributed by atoms with Gasteiger partial charge >= 0.3 is 0 Å². The van der Waals surface area contributed by atoms with Crippen LogP contribution in [0.3, 0.4) is 0 Å². The third kappa shape index (κ3) is 5.60. The lowest BCUT2D eigenvalue weighted by Gasteiger charge is -2.35. The molecule has 1 aliphatic rings. The molecule has 0 atom stereocenters. The van der Waals surface area contributed by atoms with Crippen LogP contribution in [0.5, 0.6) is 0 Å². The van der Waals surface area contributed by atoms with E-state index in [0.29, 0.717) is 57.3 Å². The molecule has 156 valence electrons. The number of amides is 2. The highest BCUT2D eigenvalue weighted by Crippen LogP contribution is 2.15. The molecule has 0 saturated carbocycles. The summed E-state index contributed by atoms with van der Waals surface area (Å²) in [6, 6.07) is 3.67. The summed E-state index contributed by atoms with van der Waals surface area (Å²) in [4.78, 5) is 38.9. The maximum absolute atomic E-state index is 12.5. The molecule has 0 bridgehead atoms. The highest BCUT2D eigenvalue weighted by molar-refractivity contribution is 5.78. The first-order valence-electron chi connectivity index (χ1n) is 10.1. The van der Waals surface area contributed by atoms with Gasteiger partial charge in [0.15, 0.2) is 0 Å². The summed E-state index contributed by atoms with van der Waals surface area (Å²) >= 11 is 0. The van der Waals surface area contributed by atoms with Crippen LogP contribution in [0.25, 0.3) is 11.4 Å². The minimum Gasteiger partial charge on any atom is -0.342 e. The molecule has 2 aromatic heterocycles. The predicted octanol–water partition coefficient (Wildman–Crippen LogP) is 1.08. The average Bonchev–Trinajstić information content (AvgIpc) is 3.23. The molecule has 1 fully saturated rings. The van der Waals surface area contributed by atoms with Gasteiger partial charge in [0.1, 0.15) is 0 Å². The lowest BCUT2D eigenvalue weighted by molar-refractivity contribution is -0.135. The monoisotopic (exact) mass is 400 g/mol. The average molecular weight is 400 g/mol. The summed E-state index contributed by atoms with van der Waals surface area (Å²) in [6.45, 7) is 8.54. The van der Waals surface area contributed by atoms with E-state index >= 15 is 0 Å². The molecule has 0 aromatic carbocycles. The number of hydrogen-bond acceptors (Lipinski definition) is 7. The Morgan fingerprint density at radius 1 is 1.17 bits per heavy atom. The zero-order valence-electron chi connectivity index (χ0n) is 17.1. The van der Waals surface area contributed by atoms with E-state index in [1.165, 1.54) is 0 Å². The van der Waals surface area contributed by atoms with Crippen molar-refractivity contribution in [2.75, 3.05) is 45.8 Å². The van der Waals surface area contributed by atoms with Crippen molar-refractivity contribution < 1.29 is 14.1 Å². The molecular formula is C20H28N6O3. The summed E-state index contributed by atoms with van der Waals surface area (Å²) in [5.74, 6) is 1.14. The van der Waals surface area contributed by atoms with Crippen molar-refractivity contribution in [1.29, 1.82) is 0 Å². The molecule has 1 saturated heterocycles. The van der Waals surface area contributed by atoms with Crippen molar-refractivity contribution in [3.63, 3.8) is 0 Å². The number of likely N-dealkylation sites (N-methyl/N-ethyl adjacent to an activating group) is 1. The number of hydrogen-bond donors (Lipinski definition) is 0. The molecule has 29 heavy (non-hydrogen) atoms. The van der Waals surface area contributed by atoms with Crippen molar-refractivity contribution >= 4 is 11.8 Å². The predicted molar refractivity (Wildman–Crippen MR) is 107 cm³/mol. The molecule has 0 N–H and O–H groups in total. The Kier molecular flexibility index (Phi) is 7.29. The zero-order chi connectivity index (χ0) is 20.6. The van der Waals surface area contributed by atoms with Crippen molar-refractivity contribution in [2.45, 2.75) is 26.7 Å². The van der Waals surface area contributed by atoms with Gasteiger partial charge in [0.25, 0.3) is 0 Å². The molecule has 0 spiro atoms. The Hall–Kier alpha value is -2.81. The summed E-state index contributed by atoms with van der Waals surface area (Å²) in [7, 11) is 0. The molecular weight excluding hydrogens is 372 g/mol. The van der Waals surface area contributed by atoms with Gasteiger partial charge in [-0.15, -0.1) is 0 Å². The number of carbonyl (C=O) groups excluding carboxylic acids is 2. The lowest BCUT2D eigenvalue weighted by Crippen LogP contribution is -2.51. The third-order valence-electron chi connectivity index (χ3n) is 5.14. The number of pyridine rings is 1. The third-order valence-corrected chi connectivity index (χ3v) is 5.14. The molecule has 3 rings (SSSR count). The van der Waals surface area contributed by atoms with Crippen molar-refractivity contribution in [3.05, 3.63) is 30.4 Å². The van der Waals surface area contributed by atoms with Gasteiger partial charge in [0, 0.05) is 70.1 Å². The maximum Gasteiger partial charge on any atom is 0.236 e. The van der Waals surface area contributed by atoms with Crippen LogP contribution in [-0.4, -0.2) is 87.5 Å². The second-order valence-electron chi connectivity index (χ2n) is 6.98. The van der Waals surface area contributed by atoms with Crippen molar-refractivity contribution in [2.24, 2.45) is 0 Å². The van der Waals surface area contributed by atoms with E-state index in [9.17, 15) is 9.59 Å². The first kappa shape index (κ1) is 20.9. The first-order valence-corrected chi connectivity index (χ1v) is 10.1. The van der Waals surface area contributed by atoms with Crippen LogP contribution in [0.2, 0.25) is 0 Å². The molecule has 0 unspecified atom stereocenters. The minimum atomic E-state index is 0.0702. The maximum atomic E-state index is 12.5. The first-order chi connectivity index (χ1) is 14.1. The van der Waals surface area contributed by atoms with Crippen LogP contribution < -0.4 is 0 Å². The Bertz CT molecular complexity index is 798. The van der Waals surface area contributed by atoms with E-state index in [2.05, 4.69) is 20.0 Å². The summed E-state index contributed by atoms with van der Waals surface area (Å²) < 4.78 is 5.25. The van der Waals surface area contributed by atoms with Crippen LogP contribution in [0.15, 0.2) is 29.0 Å². The molecule has 2 amide bonds. The largest absolute Gasteiger partial charge is 0.342 e. The number of rotatable bonds is 8. The van der Waals surface area contributed by atoms with Crippen LogP contribution in [0.1, 0.15) is 26.2 Å². The van der Waals surface area contributed by atoms with E-state index in [1.807, 2.05) is 35.8 Å². The van der Waals surface area contributed by atoms with Crippen molar-refractivity contribution in [1.82, 2.24) is 29.8 Å². The second kappa shape index (κ2) is 10.1. The second-order valence-corrected chi connectivity index (χ2v) is 6.98. The fraction of sp³-hybridized carbons (Fsp3) is 0.550. The quantitative estimate of drug-likeness (QED) is 0.654. The SMILES string of the molecule is CCN(CC)C(=O)CN1CCN(C(=O)CCc2nc(-c3cccnc3)no2)CC1. The van der Waals surface area contributed by atoms with E-state index in [4.69, 9.17) is 4.52 Å². The summed E-state index contributed by atoms with van der Waals surface area (Å²) in [5, 5.41) is 3.95. The number of nitrogens with zero attached hydrogens (tertiary/aromatic N) is 6. The van der Waals surface area contributed by atoms with Crippen LogP contribution in [-0.2, 0) is 16.0 Å². The topological polar surface area (TPSA) is 95.7 Å². The fourth-order valence-electron chi connectivity index (χ4n) is 3.36. The molecule has 0 radical (unpaired) electrons. The van der Waals surface area contributed by atoms with E-state index in [-0.39, 0.29) is 11.8 Å². The number of aromatic nitrogens is 3. The summed E-state index contributed by atoms with van der Waals surface area (Å²) in [6.07, 6.45) is 4.09. The molecule has 0 aliphatic carbocycles. The van der Waals surface area contributed by atoms with Gasteiger partial charge in [-0.05, 0) is 26.0 Å². The van der Waals surface area contributed by atoms with Gasteiger partial charge in [0.2, 0.25) is 23.5 Å². The zero-order valence-corrected chi connectivity index (χ0v) is 17.1. The highest BCUT2D eigenvalue weighted by Gasteiger charge is 2.24. The van der Waals surface area contributed by atoms with Crippen LogP contribution in [0.4, 0.5) is 0 Å². The Morgan fingerprint density at radius 3 is 2.59 bits per heavy atom. The van der Waals surface area contributed by atoms with Gasteiger partial charge in [0.05, 0.1) is 6.54 Å². The molecule has 2 aromatic rings. The van der Waals surface area contributed by atoms with Crippen LogP contribution in [0, 0.1) is 0 Å². The van der Waals surface area contributed by atoms with E-state index in [1.54, 1.807) is 12.4 Å². The Morgan fingerprint density at radius 2 is 1.93 bits per heavy atom. The number of carbonyl (C=O) groups is 2. The minimum absolute atomic E-state index is 0.0702. The standard InChI is InChI=1S/C20H28N6O3/c1-3-25(4-2)19(28)15-24-10-12-26(13-11-24)18(27)8-7-17-22-20(23-29-17)16-6-5-9-21-14-16/h5-6,9,14H,3-4,7-8,10-13,15H2,1-2H3. The van der Waals surface area contributed by atoms with Gasteiger partial charge in [-0.1, -0.05) is 5.16 Å². The highest BCUT2D eigenvalue weighted by atomic mass is 16.5. The molecule has 9 heteroatoms. The molecule has 9 nitrogen and oxygen atoms in total. The van der Waals surface area contributed by atoms with E-state index < -0.39 is 0 Å². The van der Waals surface area contributed by atoms with Gasteiger partial charge in [-0.2, -0.15) is 4.98 Å².